The van der Waals surface area contributed by atoms with Gasteiger partial charge in [0.25, 0.3) is 0 Å². The lowest BCUT2D eigenvalue weighted by Gasteiger charge is -2.18. The van der Waals surface area contributed by atoms with E-state index < -0.39 is 0 Å². The van der Waals surface area contributed by atoms with Gasteiger partial charge in [-0.25, -0.2) is 0 Å². The molecule has 0 fully saturated rings. The SMILES string of the molecule is Cc1cc(CNCc2cnn(C(C)(C)C)c2)no1. The van der Waals surface area contributed by atoms with Crippen LogP contribution >= 0.6 is 0 Å². The molecule has 2 rings (SSSR count). The third-order valence-corrected chi connectivity index (χ3v) is 2.64. The fraction of sp³-hybridized carbons (Fsp3) is 0.538. The Hall–Kier alpha value is -1.62. The summed E-state index contributed by atoms with van der Waals surface area (Å²) in [5.41, 5.74) is 2.13. The summed E-state index contributed by atoms with van der Waals surface area (Å²) in [5, 5.41) is 11.6. The molecule has 2 aromatic rings. The van der Waals surface area contributed by atoms with Gasteiger partial charge in [-0.3, -0.25) is 4.68 Å². The number of aryl methyl sites for hydroxylation is 1. The molecule has 0 spiro atoms. The van der Waals surface area contributed by atoms with Gasteiger partial charge in [0.15, 0.2) is 0 Å². The highest BCUT2D eigenvalue weighted by molar-refractivity contribution is 5.06. The first-order valence-corrected chi connectivity index (χ1v) is 6.12. The van der Waals surface area contributed by atoms with Crippen molar-refractivity contribution in [3.05, 3.63) is 35.5 Å². The molecule has 0 aromatic carbocycles. The second-order valence-corrected chi connectivity index (χ2v) is 5.50. The zero-order valence-corrected chi connectivity index (χ0v) is 11.4. The number of nitrogens with zero attached hydrogens (tertiary/aromatic N) is 3. The van der Waals surface area contributed by atoms with E-state index in [2.05, 4.69) is 42.5 Å². The van der Waals surface area contributed by atoms with Gasteiger partial charge in [-0.15, -0.1) is 0 Å². The van der Waals surface area contributed by atoms with E-state index in [1.807, 2.05) is 23.9 Å². The summed E-state index contributed by atoms with van der Waals surface area (Å²) in [5.74, 6) is 0.840. The molecule has 18 heavy (non-hydrogen) atoms. The lowest BCUT2D eigenvalue weighted by Crippen LogP contribution is -2.22. The van der Waals surface area contributed by atoms with Crippen molar-refractivity contribution in [2.75, 3.05) is 0 Å². The highest BCUT2D eigenvalue weighted by atomic mass is 16.5. The highest BCUT2D eigenvalue weighted by Crippen LogP contribution is 2.13. The molecular formula is C13H20N4O. The summed E-state index contributed by atoms with van der Waals surface area (Å²) in [6.07, 6.45) is 3.97. The van der Waals surface area contributed by atoms with Gasteiger partial charge in [-0.1, -0.05) is 5.16 Å². The molecule has 0 atom stereocenters. The molecule has 0 amide bonds. The molecule has 5 heteroatoms. The van der Waals surface area contributed by atoms with Crippen molar-refractivity contribution in [1.29, 1.82) is 0 Å². The molecule has 5 nitrogen and oxygen atoms in total. The van der Waals surface area contributed by atoms with Crippen LogP contribution in [0.2, 0.25) is 0 Å². The van der Waals surface area contributed by atoms with Crippen LogP contribution in [-0.4, -0.2) is 14.9 Å². The van der Waals surface area contributed by atoms with Crippen molar-refractivity contribution in [1.82, 2.24) is 20.3 Å². The quantitative estimate of drug-likeness (QED) is 0.901. The molecule has 98 valence electrons. The van der Waals surface area contributed by atoms with Crippen molar-refractivity contribution < 1.29 is 4.52 Å². The van der Waals surface area contributed by atoms with E-state index in [1.54, 1.807) is 0 Å². The molecule has 2 aromatic heterocycles. The summed E-state index contributed by atoms with van der Waals surface area (Å²) >= 11 is 0. The van der Waals surface area contributed by atoms with Crippen LogP contribution in [0.15, 0.2) is 23.0 Å². The van der Waals surface area contributed by atoms with Gasteiger partial charge in [-0.05, 0) is 27.7 Å². The lowest BCUT2D eigenvalue weighted by molar-refractivity contribution is 0.355. The molecular weight excluding hydrogens is 228 g/mol. The van der Waals surface area contributed by atoms with Crippen LogP contribution in [-0.2, 0) is 18.6 Å². The molecule has 1 N–H and O–H groups in total. The topological polar surface area (TPSA) is 55.9 Å². The molecule has 2 heterocycles. The Balaban J connectivity index is 1.85. The Morgan fingerprint density at radius 1 is 1.33 bits per heavy atom. The van der Waals surface area contributed by atoms with Crippen LogP contribution in [0.25, 0.3) is 0 Å². The van der Waals surface area contributed by atoms with Crippen molar-refractivity contribution in [3.63, 3.8) is 0 Å². The average molecular weight is 248 g/mol. The van der Waals surface area contributed by atoms with Gasteiger partial charge in [0.2, 0.25) is 0 Å². The Labute approximate surface area is 107 Å². The second-order valence-electron chi connectivity index (χ2n) is 5.50. The maximum atomic E-state index is 5.01. The number of hydrogen-bond donors (Lipinski definition) is 1. The largest absolute Gasteiger partial charge is 0.361 e. The molecule has 0 saturated heterocycles. The fourth-order valence-corrected chi connectivity index (χ4v) is 1.65. The number of rotatable bonds is 4. The van der Waals surface area contributed by atoms with Crippen LogP contribution in [0.5, 0.6) is 0 Å². The summed E-state index contributed by atoms with van der Waals surface area (Å²) in [6.45, 7) is 9.78. The zero-order chi connectivity index (χ0) is 13.2. The third kappa shape index (κ3) is 3.20. The number of hydrogen-bond acceptors (Lipinski definition) is 4. The molecule has 0 saturated carbocycles. The summed E-state index contributed by atoms with van der Waals surface area (Å²) < 4.78 is 6.99. The van der Waals surface area contributed by atoms with Crippen molar-refractivity contribution in [3.8, 4) is 0 Å². The van der Waals surface area contributed by atoms with Gasteiger partial charge in [0.05, 0.1) is 17.4 Å². The van der Waals surface area contributed by atoms with E-state index in [9.17, 15) is 0 Å². The van der Waals surface area contributed by atoms with E-state index in [0.717, 1.165) is 18.0 Å². The standard InChI is InChI=1S/C13H20N4O/c1-10-5-12(16-18-10)8-14-6-11-7-15-17(9-11)13(2,3)4/h5,7,9,14H,6,8H2,1-4H3. The van der Waals surface area contributed by atoms with E-state index in [4.69, 9.17) is 4.52 Å². The van der Waals surface area contributed by atoms with Gasteiger partial charge in [0, 0.05) is 30.9 Å². The molecule has 0 aliphatic heterocycles. The van der Waals surface area contributed by atoms with Gasteiger partial charge >= 0.3 is 0 Å². The molecule has 0 aliphatic rings. The molecule has 0 unspecified atom stereocenters. The summed E-state index contributed by atoms with van der Waals surface area (Å²) in [4.78, 5) is 0. The van der Waals surface area contributed by atoms with Gasteiger partial charge < -0.3 is 9.84 Å². The lowest BCUT2D eigenvalue weighted by atomic mass is 10.1. The fourth-order valence-electron chi connectivity index (χ4n) is 1.65. The first kappa shape index (κ1) is 12.8. The Bertz CT molecular complexity index is 507. The summed E-state index contributed by atoms with van der Waals surface area (Å²) in [6, 6.07) is 1.94. The first-order chi connectivity index (χ1) is 8.45. The van der Waals surface area contributed by atoms with Crippen molar-refractivity contribution in [2.45, 2.75) is 46.3 Å². The first-order valence-electron chi connectivity index (χ1n) is 6.12. The van der Waals surface area contributed by atoms with Gasteiger partial charge in [-0.2, -0.15) is 5.10 Å². The van der Waals surface area contributed by atoms with Crippen molar-refractivity contribution in [2.24, 2.45) is 0 Å². The zero-order valence-electron chi connectivity index (χ0n) is 11.4. The smallest absolute Gasteiger partial charge is 0.133 e. The summed E-state index contributed by atoms with van der Waals surface area (Å²) in [7, 11) is 0. The van der Waals surface area contributed by atoms with Crippen LogP contribution in [0.4, 0.5) is 0 Å². The second kappa shape index (κ2) is 4.94. The average Bonchev–Trinajstić information content (AvgIpc) is 2.87. The third-order valence-electron chi connectivity index (χ3n) is 2.64. The minimum absolute atomic E-state index is 0.0292. The van der Waals surface area contributed by atoms with Gasteiger partial charge in [0.1, 0.15) is 5.76 Å². The van der Waals surface area contributed by atoms with Crippen LogP contribution < -0.4 is 5.32 Å². The Morgan fingerprint density at radius 2 is 2.11 bits per heavy atom. The monoisotopic (exact) mass is 248 g/mol. The van der Waals surface area contributed by atoms with E-state index in [1.165, 1.54) is 5.56 Å². The minimum atomic E-state index is 0.0292. The van der Waals surface area contributed by atoms with Crippen LogP contribution in [0.1, 0.15) is 37.8 Å². The predicted molar refractivity (Wildman–Crippen MR) is 69.0 cm³/mol. The maximum Gasteiger partial charge on any atom is 0.133 e. The maximum absolute atomic E-state index is 5.01. The normalized spacial score (nSPS) is 12.0. The molecule has 0 radical (unpaired) electrons. The number of aromatic nitrogens is 3. The van der Waals surface area contributed by atoms with Crippen LogP contribution in [0.3, 0.4) is 0 Å². The number of nitrogens with one attached hydrogen (secondary N) is 1. The Morgan fingerprint density at radius 3 is 2.67 bits per heavy atom. The van der Waals surface area contributed by atoms with E-state index >= 15 is 0 Å². The Kier molecular flexibility index (Phi) is 3.52. The van der Waals surface area contributed by atoms with Crippen molar-refractivity contribution >= 4 is 0 Å². The minimum Gasteiger partial charge on any atom is -0.361 e. The van der Waals surface area contributed by atoms with E-state index in [-0.39, 0.29) is 5.54 Å². The highest BCUT2D eigenvalue weighted by Gasteiger charge is 2.13. The van der Waals surface area contributed by atoms with Crippen LogP contribution in [0, 0.1) is 6.92 Å². The molecule has 0 bridgehead atoms. The van der Waals surface area contributed by atoms with E-state index in [0.29, 0.717) is 6.54 Å². The predicted octanol–water partition coefficient (Wildman–Crippen LogP) is 2.22. The molecule has 0 aliphatic carbocycles.